The minimum Gasteiger partial charge on any atom is -0.480 e. The lowest BCUT2D eigenvalue weighted by Crippen LogP contribution is -2.59. The number of nitrogens with zero attached hydrogens (tertiary/aromatic N) is 1. The number of H-pyrrole nitrogens is 1. The maximum absolute atomic E-state index is 12.8. The van der Waals surface area contributed by atoms with Gasteiger partial charge in [0.2, 0.25) is 17.7 Å². The smallest absolute Gasteiger partial charge is 0.326 e. The summed E-state index contributed by atoms with van der Waals surface area (Å²) in [4.78, 5) is 55.6. The minimum atomic E-state index is -1.34. The third-order valence-corrected chi connectivity index (χ3v) is 4.68. The third-order valence-electron chi connectivity index (χ3n) is 4.68. The maximum Gasteiger partial charge on any atom is 0.326 e. The van der Waals surface area contributed by atoms with Crippen LogP contribution in [0.25, 0.3) is 0 Å². The molecule has 12 heteroatoms. The molecule has 31 heavy (non-hydrogen) atoms. The molecular weight excluding hydrogens is 408 g/mol. The molecule has 1 rings (SSSR count). The summed E-state index contributed by atoms with van der Waals surface area (Å²) < 4.78 is 0. The van der Waals surface area contributed by atoms with E-state index in [4.69, 9.17) is 5.73 Å². The zero-order chi connectivity index (χ0) is 23.7. The molecule has 12 nitrogen and oxygen atoms in total. The van der Waals surface area contributed by atoms with Gasteiger partial charge in [-0.2, -0.15) is 0 Å². The van der Waals surface area contributed by atoms with Crippen LogP contribution in [0.3, 0.4) is 0 Å². The number of aliphatic hydroxyl groups excluding tert-OH is 1. The van der Waals surface area contributed by atoms with Crippen LogP contribution in [0.5, 0.6) is 0 Å². The number of aromatic amines is 1. The lowest BCUT2D eigenvalue weighted by Gasteiger charge is -2.25. The Hall–Kier alpha value is -2.99. The van der Waals surface area contributed by atoms with Gasteiger partial charge in [-0.3, -0.25) is 14.4 Å². The fraction of sp³-hybridized carbons (Fsp3) is 0.632. The Morgan fingerprint density at radius 2 is 1.58 bits per heavy atom. The molecule has 0 aliphatic heterocycles. The van der Waals surface area contributed by atoms with Gasteiger partial charge in [-0.1, -0.05) is 27.7 Å². The number of hydrogen-bond donors (Lipinski definition) is 7. The average Bonchev–Trinajstić information content (AvgIpc) is 3.20. The number of rotatable bonds is 12. The Labute approximate surface area is 180 Å². The summed E-state index contributed by atoms with van der Waals surface area (Å²) in [5.74, 6) is -3.96. The number of aromatic nitrogens is 2. The summed E-state index contributed by atoms with van der Waals surface area (Å²) in [5, 5.41) is 26.1. The van der Waals surface area contributed by atoms with Gasteiger partial charge in [0, 0.05) is 18.3 Å². The van der Waals surface area contributed by atoms with Gasteiger partial charge in [0.25, 0.3) is 0 Å². The van der Waals surface area contributed by atoms with Gasteiger partial charge in [-0.25, -0.2) is 9.78 Å². The summed E-state index contributed by atoms with van der Waals surface area (Å²) in [6.45, 7) is 6.02. The fourth-order valence-electron chi connectivity index (χ4n) is 2.63. The van der Waals surface area contributed by atoms with Crippen molar-refractivity contribution >= 4 is 23.7 Å². The normalized spacial score (nSPS) is 15.1. The Morgan fingerprint density at radius 1 is 1.00 bits per heavy atom. The van der Waals surface area contributed by atoms with E-state index in [1.54, 1.807) is 27.7 Å². The number of imidazole rings is 1. The van der Waals surface area contributed by atoms with E-state index in [0.717, 1.165) is 0 Å². The zero-order valence-electron chi connectivity index (χ0n) is 18.1. The predicted molar refractivity (Wildman–Crippen MR) is 110 cm³/mol. The van der Waals surface area contributed by atoms with Gasteiger partial charge in [-0.15, -0.1) is 0 Å². The predicted octanol–water partition coefficient (Wildman–Crippen LogP) is -1.88. The number of carboxylic acid groups (broad SMARTS) is 1. The van der Waals surface area contributed by atoms with Crippen molar-refractivity contribution < 1.29 is 29.4 Å². The van der Waals surface area contributed by atoms with Crippen molar-refractivity contribution in [2.24, 2.45) is 17.6 Å². The summed E-state index contributed by atoms with van der Waals surface area (Å²) in [6.07, 6.45) is 2.83. The number of carboxylic acids is 1. The van der Waals surface area contributed by atoms with E-state index in [2.05, 4.69) is 25.9 Å². The molecule has 0 fully saturated rings. The first-order chi connectivity index (χ1) is 14.5. The van der Waals surface area contributed by atoms with Crippen molar-refractivity contribution in [3.63, 3.8) is 0 Å². The average molecular weight is 441 g/mol. The third kappa shape index (κ3) is 7.98. The van der Waals surface area contributed by atoms with Gasteiger partial charge in [0.1, 0.15) is 18.1 Å². The monoisotopic (exact) mass is 440 g/mol. The van der Waals surface area contributed by atoms with Crippen molar-refractivity contribution in [3.05, 3.63) is 18.2 Å². The lowest BCUT2D eigenvalue weighted by atomic mass is 10.0. The number of nitrogens with one attached hydrogen (secondary N) is 4. The number of aliphatic carboxylic acids is 1. The summed E-state index contributed by atoms with van der Waals surface area (Å²) >= 11 is 0. The largest absolute Gasteiger partial charge is 0.480 e. The van der Waals surface area contributed by atoms with Crippen LogP contribution in [-0.2, 0) is 25.6 Å². The Bertz CT molecular complexity index is 751. The van der Waals surface area contributed by atoms with Gasteiger partial charge in [-0.05, 0) is 11.8 Å². The van der Waals surface area contributed by atoms with Crippen LogP contribution in [0.4, 0.5) is 0 Å². The van der Waals surface area contributed by atoms with E-state index in [0.29, 0.717) is 5.69 Å². The number of hydrogen-bond acceptors (Lipinski definition) is 7. The van der Waals surface area contributed by atoms with Gasteiger partial charge < -0.3 is 36.9 Å². The van der Waals surface area contributed by atoms with E-state index in [9.17, 15) is 29.4 Å². The Balaban J connectivity index is 2.97. The molecule has 3 amide bonds. The maximum atomic E-state index is 12.8. The first-order valence-electron chi connectivity index (χ1n) is 9.95. The standard InChI is InChI=1S/C19H32N6O6/c1-9(2)14(20)18(29)24-13(7-26)17(28)23-12(5-11-6-21-8-22-11)16(27)25-15(10(3)4)19(30)31/h6,8-10,12-15,26H,5,7,20H2,1-4H3,(H,21,22)(H,23,28)(H,24,29)(H,25,27)(H,30,31). The molecule has 0 aromatic carbocycles. The molecule has 1 aromatic rings. The van der Waals surface area contributed by atoms with Gasteiger partial charge in [0.05, 0.1) is 19.0 Å². The topological polar surface area (TPSA) is 200 Å². The van der Waals surface area contributed by atoms with Gasteiger partial charge >= 0.3 is 5.97 Å². The number of carbonyl (C=O) groups is 4. The molecule has 4 atom stereocenters. The first-order valence-corrected chi connectivity index (χ1v) is 9.95. The van der Waals surface area contributed by atoms with Crippen LogP contribution < -0.4 is 21.7 Å². The highest BCUT2D eigenvalue weighted by Gasteiger charge is 2.31. The first kappa shape index (κ1) is 26.0. The molecule has 0 bridgehead atoms. The van der Waals surface area contributed by atoms with Crippen molar-refractivity contribution in [3.8, 4) is 0 Å². The number of carbonyl (C=O) groups excluding carboxylic acids is 3. The van der Waals surface area contributed by atoms with Crippen molar-refractivity contribution in [2.75, 3.05) is 6.61 Å². The highest BCUT2D eigenvalue weighted by molar-refractivity contribution is 5.94. The minimum absolute atomic E-state index is 0.0143. The molecule has 174 valence electrons. The number of nitrogens with two attached hydrogens (primary N) is 1. The SMILES string of the molecule is CC(C)C(N)C(=O)NC(CO)C(=O)NC(Cc1cnc[nH]1)C(=O)NC(C(=O)O)C(C)C. The van der Waals surface area contributed by atoms with Crippen molar-refractivity contribution in [1.29, 1.82) is 0 Å². The van der Waals surface area contributed by atoms with E-state index in [1.165, 1.54) is 12.5 Å². The number of aliphatic hydroxyl groups is 1. The molecule has 0 aliphatic rings. The lowest BCUT2D eigenvalue weighted by molar-refractivity contribution is -0.143. The second kappa shape index (κ2) is 12.0. The van der Waals surface area contributed by atoms with E-state index in [-0.39, 0.29) is 12.3 Å². The van der Waals surface area contributed by atoms with Crippen molar-refractivity contribution in [1.82, 2.24) is 25.9 Å². The summed E-state index contributed by atoms with van der Waals surface area (Å²) in [5.41, 5.74) is 6.28. The Morgan fingerprint density at radius 3 is 2.03 bits per heavy atom. The molecular formula is C19H32N6O6. The highest BCUT2D eigenvalue weighted by atomic mass is 16.4. The molecule has 8 N–H and O–H groups in total. The van der Waals surface area contributed by atoms with Crippen LogP contribution in [0.2, 0.25) is 0 Å². The second-order valence-corrected chi connectivity index (χ2v) is 7.92. The van der Waals surface area contributed by atoms with Crippen molar-refractivity contribution in [2.45, 2.75) is 58.3 Å². The molecule has 4 unspecified atom stereocenters. The molecule has 1 heterocycles. The quantitative estimate of drug-likeness (QED) is 0.196. The van der Waals surface area contributed by atoms with Gasteiger partial charge in [0.15, 0.2) is 0 Å². The van der Waals surface area contributed by atoms with Crippen LogP contribution in [0.15, 0.2) is 12.5 Å². The van der Waals surface area contributed by atoms with Crippen LogP contribution >= 0.6 is 0 Å². The summed E-state index contributed by atoms with van der Waals surface area (Å²) in [7, 11) is 0. The summed E-state index contributed by atoms with van der Waals surface area (Å²) in [6, 6.07) is -4.56. The molecule has 0 saturated heterocycles. The number of amides is 3. The molecule has 0 spiro atoms. The van der Waals surface area contributed by atoms with E-state index in [1.807, 2.05) is 0 Å². The zero-order valence-corrected chi connectivity index (χ0v) is 18.1. The van der Waals surface area contributed by atoms with Crippen LogP contribution in [0.1, 0.15) is 33.4 Å². The Kier molecular flexibility index (Phi) is 10.1. The fourth-order valence-corrected chi connectivity index (χ4v) is 2.63. The highest BCUT2D eigenvalue weighted by Crippen LogP contribution is 2.05. The van der Waals surface area contributed by atoms with E-state index < -0.39 is 60.4 Å². The van der Waals surface area contributed by atoms with Crippen LogP contribution in [0, 0.1) is 11.8 Å². The molecule has 1 aromatic heterocycles. The molecule has 0 aliphatic carbocycles. The van der Waals surface area contributed by atoms with Crippen LogP contribution in [-0.4, -0.2) is 74.6 Å². The molecule has 0 saturated carbocycles. The van der Waals surface area contributed by atoms with E-state index >= 15 is 0 Å². The molecule has 0 radical (unpaired) electrons. The second-order valence-electron chi connectivity index (χ2n) is 7.92.